The van der Waals surface area contributed by atoms with Gasteiger partial charge in [-0.3, -0.25) is 0 Å². The van der Waals surface area contributed by atoms with Crippen LogP contribution in [0.5, 0.6) is 0 Å². The lowest BCUT2D eigenvalue weighted by Gasteiger charge is -2.07. The molecule has 0 aromatic heterocycles. The molecule has 0 heterocycles. The summed E-state index contributed by atoms with van der Waals surface area (Å²) >= 11 is 5.71. The normalized spacial score (nSPS) is 10.3. The van der Waals surface area contributed by atoms with Crippen LogP contribution >= 0.6 is 11.6 Å². The lowest BCUT2D eigenvalue weighted by Crippen LogP contribution is -2.03. The first-order valence-corrected chi connectivity index (χ1v) is 6.36. The Kier molecular flexibility index (Phi) is 4.59. The fourth-order valence-corrected chi connectivity index (χ4v) is 1.96. The van der Waals surface area contributed by atoms with Gasteiger partial charge >= 0.3 is 0 Å². The van der Waals surface area contributed by atoms with Gasteiger partial charge in [-0.2, -0.15) is 0 Å². The largest absolute Gasteiger partial charge is 0.385 e. The molecule has 0 radical (unpaired) electrons. The number of hydrogen-bond donors (Lipinski definition) is 1. The Morgan fingerprint density at radius 1 is 1.06 bits per heavy atom. The van der Waals surface area contributed by atoms with Gasteiger partial charge in [0.25, 0.3) is 0 Å². The van der Waals surface area contributed by atoms with Gasteiger partial charge in [0.05, 0.1) is 5.02 Å². The Morgan fingerprint density at radius 3 is 2.56 bits per heavy atom. The minimum Gasteiger partial charge on any atom is -0.385 e. The maximum Gasteiger partial charge on any atom is 0.141 e. The maximum atomic E-state index is 12.9. The van der Waals surface area contributed by atoms with Gasteiger partial charge in [-0.25, -0.2) is 4.39 Å². The third kappa shape index (κ3) is 3.74. The van der Waals surface area contributed by atoms with Crippen LogP contribution in [0.4, 0.5) is 10.1 Å². The van der Waals surface area contributed by atoms with E-state index < -0.39 is 0 Å². The van der Waals surface area contributed by atoms with Crippen molar-refractivity contribution in [3.05, 3.63) is 64.9 Å². The second-order valence-electron chi connectivity index (χ2n) is 4.14. The average Bonchev–Trinajstić information content (AvgIpc) is 2.40. The Morgan fingerprint density at radius 2 is 1.83 bits per heavy atom. The summed E-state index contributed by atoms with van der Waals surface area (Å²) in [6.07, 6.45) is 2.06. The van der Waals surface area contributed by atoms with Gasteiger partial charge in [0, 0.05) is 12.2 Å². The molecule has 2 rings (SSSR count). The molecule has 94 valence electrons. The van der Waals surface area contributed by atoms with Gasteiger partial charge in [0.1, 0.15) is 5.82 Å². The highest BCUT2D eigenvalue weighted by atomic mass is 35.5. The molecule has 0 spiro atoms. The Balaban J connectivity index is 1.77. The third-order valence-electron chi connectivity index (χ3n) is 2.73. The third-order valence-corrected chi connectivity index (χ3v) is 3.02. The summed E-state index contributed by atoms with van der Waals surface area (Å²) in [5.74, 6) is -0.383. The minimum atomic E-state index is -0.383. The topological polar surface area (TPSA) is 12.0 Å². The first kappa shape index (κ1) is 12.9. The van der Waals surface area contributed by atoms with Crippen LogP contribution in [-0.4, -0.2) is 6.54 Å². The predicted octanol–water partition coefficient (Wildman–Crippen LogP) is 4.52. The first-order valence-electron chi connectivity index (χ1n) is 5.98. The van der Waals surface area contributed by atoms with Gasteiger partial charge < -0.3 is 5.32 Å². The zero-order valence-electron chi connectivity index (χ0n) is 10.00. The molecule has 3 heteroatoms. The summed E-state index contributed by atoms with van der Waals surface area (Å²) < 4.78 is 12.9. The summed E-state index contributed by atoms with van der Waals surface area (Å²) in [5, 5.41) is 3.39. The molecule has 18 heavy (non-hydrogen) atoms. The van der Waals surface area contributed by atoms with Crippen LogP contribution in [0.3, 0.4) is 0 Å². The number of halogens is 2. The molecular weight excluding hydrogens is 249 g/mol. The second-order valence-corrected chi connectivity index (χ2v) is 4.55. The van der Waals surface area contributed by atoms with Crippen molar-refractivity contribution in [1.82, 2.24) is 0 Å². The van der Waals surface area contributed by atoms with Crippen LogP contribution in [-0.2, 0) is 6.42 Å². The first-order chi connectivity index (χ1) is 8.75. The Hall–Kier alpha value is -1.54. The maximum absolute atomic E-state index is 12.9. The second kappa shape index (κ2) is 6.41. The van der Waals surface area contributed by atoms with Crippen LogP contribution < -0.4 is 5.32 Å². The van der Waals surface area contributed by atoms with E-state index in [1.54, 1.807) is 12.1 Å². The van der Waals surface area contributed by atoms with Crippen molar-refractivity contribution >= 4 is 17.3 Å². The molecule has 0 aliphatic rings. The van der Waals surface area contributed by atoms with Crippen molar-refractivity contribution in [3.63, 3.8) is 0 Å². The van der Waals surface area contributed by atoms with Crippen LogP contribution in [0, 0.1) is 5.82 Å². The molecule has 0 fully saturated rings. The van der Waals surface area contributed by atoms with E-state index in [9.17, 15) is 4.39 Å². The van der Waals surface area contributed by atoms with Crippen LogP contribution in [0.2, 0.25) is 5.02 Å². The molecule has 0 saturated heterocycles. The Bertz CT molecular complexity index is 499. The number of hydrogen-bond acceptors (Lipinski definition) is 1. The SMILES string of the molecule is Fc1ccc(NCCCc2ccccc2)cc1Cl. The molecule has 1 nitrogen and oxygen atoms in total. The summed E-state index contributed by atoms with van der Waals surface area (Å²) in [4.78, 5) is 0. The van der Waals surface area contributed by atoms with Gasteiger partial charge in [0.15, 0.2) is 0 Å². The van der Waals surface area contributed by atoms with Crippen LogP contribution in [0.1, 0.15) is 12.0 Å². The van der Waals surface area contributed by atoms with E-state index in [1.165, 1.54) is 11.6 Å². The van der Waals surface area contributed by atoms with E-state index in [1.807, 2.05) is 18.2 Å². The van der Waals surface area contributed by atoms with E-state index in [4.69, 9.17) is 11.6 Å². The number of aryl methyl sites for hydroxylation is 1. The van der Waals surface area contributed by atoms with Gasteiger partial charge in [-0.1, -0.05) is 41.9 Å². The average molecular weight is 264 g/mol. The molecule has 0 amide bonds. The number of nitrogens with one attached hydrogen (secondary N) is 1. The number of rotatable bonds is 5. The van der Waals surface area contributed by atoms with Crippen molar-refractivity contribution in [3.8, 4) is 0 Å². The Labute approximate surface area is 112 Å². The molecule has 1 N–H and O–H groups in total. The van der Waals surface area contributed by atoms with E-state index in [-0.39, 0.29) is 10.8 Å². The lowest BCUT2D eigenvalue weighted by molar-refractivity contribution is 0.628. The number of anilines is 1. The fourth-order valence-electron chi connectivity index (χ4n) is 1.78. The van der Waals surface area contributed by atoms with Crippen molar-refractivity contribution < 1.29 is 4.39 Å². The van der Waals surface area contributed by atoms with E-state index >= 15 is 0 Å². The molecule has 0 aliphatic carbocycles. The van der Waals surface area contributed by atoms with Gasteiger partial charge in [0.2, 0.25) is 0 Å². The molecule has 2 aromatic rings. The molecule has 2 aromatic carbocycles. The monoisotopic (exact) mass is 263 g/mol. The summed E-state index contributed by atoms with van der Waals surface area (Å²) in [6.45, 7) is 0.844. The minimum absolute atomic E-state index is 0.156. The molecule has 0 unspecified atom stereocenters. The smallest absolute Gasteiger partial charge is 0.141 e. The van der Waals surface area contributed by atoms with E-state index in [0.29, 0.717) is 0 Å². The zero-order valence-corrected chi connectivity index (χ0v) is 10.8. The van der Waals surface area contributed by atoms with E-state index in [0.717, 1.165) is 25.1 Å². The highest BCUT2D eigenvalue weighted by Gasteiger charge is 2.00. The highest BCUT2D eigenvalue weighted by molar-refractivity contribution is 6.31. The molecule has 0 bridgehead atoms. The predicted molar refractivity (Wildman–Crippen MR) is 74.7 cm³/mol. The summed E-state index contributed by atoms with van der Waals surface area (Å²) in [6, 6.07) is 15.0. The van der Waals surface area contributed by atoms with E-state index in [2.05, 4.69) is 17.4 Å². The molecule has 0 saturated carbocycles. The molecule has 0 aliphatic heterocycles. The van der Waals surface area contributed by atoms with Crippen LogP contribution in [0.15, 0.2) is 48.5 Å². The van der Waals surface area contributed by atoms with Crippen molar-refractivity contribution in [2.24, 2.45) is 0 Å². The molecule has 0 atom stereocenters. The standard InChI is InChI=1S/C15H15ClFN/c16-14-11-13(8-9-15(14)17)18-10-4-7-12-5-2-1-3-6-12/h1-3,5-6,8-9,11,18H,4,7,10H2. The van der Waals surface area contributed by atoms with Gasteiger partial charge in [-0.05, 0) is 36.6 Å². The van der Waals surface area contributed by atoms with Crippen molar-refractivity contribution in [2.45, 2.75) is 12.8 Å². The zero-order chi connectivity index (χ0) is 12.8. The van der Waals surface area contributed by atoms with Crippen molar-refractivity contribution in [2.75, 3.05) is 11.9 Å². The number of benzene rings is 2. The summed E-state index contributed by atoms with van der Waals surface area (Å²) in [5.41, 5.74) is 2.19. The molecular formula is C15H15ClFN. The van der Waals surface area contributed by atoms with Gasteiger partial charge in [-0.15, -0.1) is 0 Å². The fraction of sp³-hybridized carbons (Fsp3) is 0.200. The van der Waals surface area contributed by atoms with Crippen LogP contribution in [0.25, 0.3) is 0 Å². The quantitative estimate of drug-likeness (QED) is 0.782. The summed E-state index contributed by atoms with van der Waals surface area (Å²) in [7, 11) is 0. The van der Waals surface area contributed by atoms with Crippen molar-refractivity contribution in [1.29, 1.82) is 0 Å². The lowest BCUT2D eigenvalue weighted by atomic mass is 10.1. The highest BCUT2D eigenvalue weighted by Crippen LogP contribution is 2.19.